The monoisotopic (exact) mass is 333 g/mol. The average molecular weight is 334 g/mol. The van der Waals surface area contributed by atoms with Gasteiger partial charge in [-0.25, -0.2) is 0 Å². The molecule has 132 valence electrons. The van der Waals surface area contributed by atoms with Crippen molar-refractivity contribution < 1.29 is 18.1 Å². The Hall–Kier alpha value is -0.433. The van der Waals surface area contributed by atoms with Gasteiger partial charge in [-0.2, -0.15) is 0 Å². The number of carbonyl (C=O) groups is 1. The van der Waals surface area contributed by atoms with Crippen LogP contribution >= 0.6 is 0 Å². The summed E-state index contributed by atoms with van der Waals surface area (Å²) in [6.45, 7) is 12.5. The van der Waals surface area contributed by atoms with E-state index < -0.39 is 8.80 Å². The van der Waals surface area contributed by atoms with Gasteiger partial charge in [0.25, 0.3) is 0 Å². The summed E-state index contributed by atoms with van der Waals surface area (Å²) in [4.78, 5) is 12.1. The minimum Gasteiger partial charge on any atom is -0.374 e. The Kier molecular flexibility index (Phi) is 12.8. The largest absolute Gasteiger partial charge is 0.500 e. The molecule has 0 aromatic heterocycles. The maximum absolute atomic E-state index is 12.1. The normalized spacial score (nSPS) is 13.1. The Bertz CT molecular complexity index is 272. The smallest absolute Gasteiger partial charge is 0.374 e. The summed E-state index contributed by atoms with van der Waals surface area (Å²) in [6, 6.07) is 0.743. The minimum absolute atomic E-state index is 0.137. The van der Waals surface area contributed by atoms with Gasteiger partial charge in [0.05, 0.1) is 0 Å². The molecule has 0 aliphatic carbocycles. The van der Waals surface area contributed by atoms with Crippen molar-refractivity contribution in [2.75, 3.05) is 26.4 Å². The fourth-order valence-corrected chi connectivity index (χ4v) is 5.14. The fourth-order valence-electron chi connectivity index (χ4n) is 2.53. The van der Waals surface area contributed by atoms with E-state index in [2.05, 4.69) is 19.2 Å². The van der Waals surface area contributed by atoms with Crippen molar-refractivity contribution in [3.63, 3.8) is 0 Å². The molecule has 0 unspecified atom stereocenters. The van der Waals surface area contributed by atoms with Crippen LogP contribution in [-0.4, -0.2) is 41.1 Å². The van der Waals surface area contributed by atoms with Crippen LogP contribution < -0.4 is 5.32 Å². The summed E-state index contributed by atoms with van der Waals surface area (Å²) in [5.41, 5.74) is 0. The molecule has 0 saturated heterocycles. The summed E-state index contributed by atoms with van der Waals surface area (Å²) < 4.78 is 17.4. The molecule has 0 spiro atoms. The van der Waals surface area contributed by atoms with E-state index in [1.54, 1.807) is 0 Å². The molecule has 0 fully saturated rings. The van der Waals surface area contributed by atoms with Gasteiger partial charge < -0.3 is 18.6 Å². The van der Waals surface area contributed by atoms with E-state index in [0.717, 1.165) is 31.7 Å². The van der Waals surface area contributed by atoms with Crippen molar-refractivity contribution in [2.45, 2.75) is 66.3 Å². The van der Waals surface area contributed by atoms with Gasteiger partial charge in [-0.15, -0.1) is 0 Å². The molecule has 0 saturated carbocycles. The van der Waals surface area contributed by atoms with Crippen molar-refractivity contribution >= 4 is 14.7 Å². The molecule has 0 aromatic carbocycles. The van der Waals surface area contributed by atoms with Crippen molar-refractivity contribution in [1.29, 1.82) is 0 Å². The topological polar surface area (TPSA) is 56.8 Å². The van der Waals surface area contributed by atoms with Crippen molar-refractivity contribution in [3.05, 3.63) is 0 Å². The number of rotatable bonds is 14. The van der Waals surface area contributed by atoms with Crippen LogP contribution in [0.5, 0.6) is 0 Å². The fraction of sp³-hybridized carbons (Fsp3) is 0.938. The van der Waals surface area contributed by atoms with Crippen molar-refractivity contribution in [3.8, 4) is 0 Å². The van der Waals surface area contributed by atoms with Gasteiger partial charge in [-0.1, -0.05) is 20.3 Å². The Morgan fingerprint density at radius 2 is 1.55 bits per heavy atom. The lowest BCUT2D eigenvalue weighted by Gasteiger charge is -2.28. The molecular weight excluding hydrogens is 298 g/mol. The van der Waals surface area contributed by atoms with E-state index in [0.29, 0.717) is 26.4 Å². The quantitative estimate of drug-likeness (QED) is 0.391. The lowest BCUT2D eigenvalue weighted by molar-refractivity contribution is -0.125. The molecule has 0 aromatic rings. The number of amides is 1. The van der Waals surface area contributed by atoms with Crippen LogP contribution in [0.3, 0.4) is 0 Å². The Morgan fingerprint density at radius 1 is 1.00 bits per heavy atom. The highest BCUT2D eigenvalue weighted by molar-refractivity contribution is 6.60. The van der Waals surface area contributed by atoms with Crippen LogP contribution in [0.15, 0.2) is 0 Å². The van der Waals surface area contributed by atoms with Gasteiger partial charge in [0.1, 0.15) is 0 Å². The van der Waals surface area contributed by atoms with E-state index in [1.165, 1.54) is 0 Å². The Labute approximate surface area is 137 Å². The summed E-state index contributed by atoms with van der Waals surface area (Å²) in [7, 11) is -2.57. The van der Waals surface area contributed by atoms with E-state index >= 15 is 0 Å². The molecule has 0 heterocycles. The average Bonchev–Trinajstić information content (AvgIpc) is 2.50. The predicted octanol–water partition coefficient (Wildman–Crippen LogP) is 3.37. The number of hydrogen-bond donors (Lipinski definition) is 1. The highest BCUT2D eigenvalue weighted by Gasteiger charge is 2.39. The molecule has 0 rings (SSSR count). The molecular formula is C16H35NO4Si. The molecule has 22 heavy (non-hydrogen) atoms. The highest BCUT2D eigenvalue weighted by Crippen LogP contribution is 2.18. The third-order valence-electron chi connectivity index (χ3n) is 3.55. The summed E-state index contributed by atoms with van der Waals surface area (Å²) in [6.07, 6.45) is 3.72. The summed E-state index contributed by atoms with van der Waals surface area (Å²) >= 11 is 0. The van der Waals surface area contributed by atoms with Crippen molar-refractivity contribution in [1.82, 2.24) is 5.32 Å². The van der Waals surface area contributed by atoms with E-state index in [1.807, 2.05) is 20.8 Å². The van der Waals surface area contributed by atoms with Crippen LogP contribution in [0.4, 0.5) is 0 Å². The number of hydrogen-bond acceptors (Lipinski definition) is 4. The third-order valence-corrected chi connectivity index (χ3v) is 6.70. The standard InChI is InChI=1S/C16H35NO4Si/c1-6-12-15(7-2)16(18)17-13-11-14-22(19-8-3,20-9-4)21-10-5/h15H,6-14H2,1-5H3,(H,17,18)/t15-/m1/s1. The first kappa shape index (κ1) is 21.6. The molecule has 1 N–H and O–H groups in total. The molecule has 5 nitrogen and oxygen atoms in total. The zero-order valence-corrected chi connectivity index (χ0v) is 16.1. The van der Waals surface area contributed by atoms with Crippen LogP contribution in [0, 0.1) is 5.92 Å². The van der Waals surface area contributed by atoms with Gasteiger partial charge in [-0.3, -0.25) is 4.79 Å². The van der Waals surface area contributed by atoms with E-state index in [4.69, 9.17) is 13.3 Å². The maximum Gasteiger partial charge on any atom is 0.500 e. The molecule has 0 aliphatic heterocycles. The maximum atomic E-state index is 12.1. The van der Waals surface area contributed by atoms with E-state index in [-0.39, 0.29) is 11.8 Å². The first-order valence-electron chi connectivity index (χ1n) is 8.78. The minimum atomic E-state index is -2.57. The van der Waals surface area contributed by atoms with Gasteiger partial charge in [0.15, 0.2) is 0 Å². The second kappa shape index (κ2) is 13.0. The Balaban J connectivity index is 4.28. The lowest BCUT2D eigenvalue weighted by atomic mass is 10.00. The van der Waals surface area contributed by atoms with Gasteiger partial charge in [0.2, 0.25) is 5.91 Å². The zero-order valence-electron chi connectivity index (χ0n) is 15.1. The SMILES string of the molecule is CCC[C@@H](CC)C(=O)NCCC[Si](OCC)(OCC)OCC. The molecule has 1 atom stereocenters. The van der Waals surface area contributed by atoms with Crippen LogP contribution in [0.1, 0.15) is 60.3 Å². The summed E-state index contributed by atoms with van der Waals surface area (Å²) in [5, 5.41) is 3.03. The third kappa shape index (κ3) is 8.27. The van der Waals surface area contributed by atoms with Crippen molar-refractivity contribution in [2.24, 2.45) is 5.92 Å². The second-order valence-electron chi connectivity index (χ2n) is 5.27. The van der Waals surface area contributed by atoms with E-state index in [9.17, 15) is 4.79 Å². The second-order valence-corrected chi connectivity index (χ2v) is 8.00. The van der Waals surface area contributed by atoms with Gasteiger partial charge in [-0.05, 0) is 40.0 Å². The summed E-state index contributed by atoms with van der Waals surface area (Å²) in [5.74, 6) is 0.304. The predicted molar refractivity (Wildman–Crippen MR) is 91.8 cm³/mol. The molecule has 6 heteroatoms. The van der Waals surface area contributed by atoms with Gasteiger partial charge in [0, 0.05) is 38.3 Å². The number of carbonyl (C=O) groups excluding carboxylic acids is 1. The molecule has 0 aliphatic rings. The van der Waals surface area contributed by atoms with Crippen LogP contribution in [0.2, 0.25) is 6.04 Å². The molecule has 1 amide bonds. The molecule has 0 radical (unpaired) electrons. The van der Waals surface area contributed by atoms with Gasteiger partial charge >= 0.3 is 8.80 Å². The highest BCUT2D eigenvalue weighted by atomic mass is 28.4. The first-order valence-corrected chi connectivity index (χ1v) is 10.7. The zero-order chi connectivity index (χ0) is 16.8. The lowest BCUT2D eigenvalue weighted by Crippen LogP contribution is -2.46. The molecule has 0 bridgehead atoms. The van der Waals surface area contributed by atoms with Crippen LogP contribution in [-0.2, 0) is 18.1 Å². The van der Waals surface area contributed by atoms with Crippen LogP contribution in [0.25, 0.3) is 0 Å². The number of nitrogens with one attached hydrogen (secondary N) is 1. The first-order chi connectivity index (χ1) is 10.6. The Morgan fingerprint density at radius 3 is 1.95 bits per heavy atom.